The lowest BCUT2D eigenvalue weighted by atomic mass is 9.99. The third kappa shape index (κ3) is 2.56. The first-order valence-corrected chi connectivity index (χ1v) is 8.02. The van der Waals surface area contributed by atoms with Gasteiger partial charge in [-0.05, 0) is 37.1 Å². The lowest BCUT2D eigenvalue weighted by Crippen LogP contribution is -2.34. The Kier molecular flexibility index (Phi) is 3.47. The van der Waals surface area contributed by atoms with Crippen molar-refractivity contribution in [3.63, 3.8) is 0 Å². The van der Waals surface area contributed by atoms with E-state index in [9.17, 15) is 0 Å². The zero-order valence-electron chi connectivity index (χ0n) is 12.5. The molecular weight excluding hydrogens is 314 g/mol. The van der Waals surface area contributed by atoms with Crippen LogP contribution in [0.2, 0.25) is 5.02 Å². The molecule has 0 spiro atoms. The molecule has 0 unspecified atom stereocenters. The van der Waals surface area contributed by atoms with Gasteiger partial charge in [-0.1, -0.05) is 41.7 Å². The molecule has 1 fully saturated rings. The SMILES string of the molecule is NC1(c2noc(-c3ccc(-c4ccccc4Cl)o3)n2)CCCC1. The monoisotopic (exact) mass is 329 g/mol. The maximum Gasteiger partial charge on any atom is 0.293 e. The largest absolute Gasteiger partial charge is 0.451 e. The van der Waals surface area contributed by atoms with E-state index in [1.807, 2.05) is 30.3 Å². The molecular formula is C17H16ClN3O2. The predicted molar refractivity (Wildman–Crippen MR) is 86.8 cm³/mol. The van der Waals surface area contributed by atoms with Gasteiger partial charge in [0.1, 0.15) is 5.76 Å². The minimum atomic E-state index is -0.472. The fourth-order valence-corrected chi connectivity index (χ4v) is 3.24. The molecule has 1 aliphatic carbocycles. The quantitative estimate of drug-likeness (QED) is 0.771. The smallest absolute Gasteiger partial charge is 0.293 e. The van der Waals surface area contributed by atoms with Crippen molar-refractivity contribution in [3.05, 3.63) is 47.2 Å². The second-order valence-corrected chi connectivity index (χ2v) is 6.34. The molecule has 1 aromatic carbocycles. The lowest BCUT2D eigenvalue weighted by molar-refractivity contribution is 0.368. The second-order valence-electron chi connectivity index (χ2n) is 5.93. The number of halogens is 1. The van der Waals surface area contributed by atoms with Crippen molar-refractivity contribution in [2.45, 2.75) is 31.2 Å². The molecule has 0 aliphatic heterocycles. The van der Waals surface area contributed by atoms with Gasteiger partial charge in [-0.2, -0.15) is 4.98 Å². The Morgan fingerprint density at radius 2 is 1.78 bits per heavy atom. The highest BCUT2D eigenvalue weighted by molar-refractivity contribution is 6.33. The molecule has 2 aromatic heterocycles. The van der Waals surface area contributed by atoms with Gasteiger partial charge in [0.15, 0.2) is 11.6 Å². The topological polar surface area (TPSA) is 78.1 Å². The number of benzene rings is 1. The first-order chi connectivity index (χ1) is 11.2. The molecule has 118 valence electrons. The summed E-state index contributed by atoms with van der Waals surface area (Å²) in [4.78, 5) is 4.43. The molecule has 23 heavy (non-hydrogen) atoms. The molecule has 1 aliphatic rings. The van der Waals surface area contributed by atoms with Crippen molar-refractivity contribution >= 4 is 11.6 Å². The standard InChI is InChI=1S/C17H16ClN3O2/c18-12-6-2-1-5-11(12)13-7-8-14(22-13)15-20-16(21-23-15)17(19)9-3-4-10-17/h1-2,5-8H,3-4,9-10,19H2. The molecule has 0 saturated heterocycles. The predicted octanol–water partition coefficient (Wildman–Crippen LogP) is 4.38. The van der Waals surface area contributed by atoms with Crippen LogP contribution in [0, 0.1) is 0 Å². The number of rotatable bonds is 3. The van der Waals surface area contributed by atoms with Crippen molar-refractivity contribution in [3.8, 4) is 23.0 Å². The van der Waals surface area contributed by atoms with E-state index in [1.54, 1.807) is 6.07 Å². The Labute approximate surface area is 138 Å². The van der Waals surface area contributed by atoms with E-state index in [0.717, 1.165) is 31.2 Å². The van der Waals surface area contributed by atoms with Crippen LogP contribution in [-0.2, 0) is 5.54 Å². The molecule has 4 rings (SSSR count). The minimum absolute atomic E-state index is 0.343. The maximum atomic E-state index is 6.35. The van der Waals surface area contributed by atoms with Crippen molar-refractivity contribution in [1.82, 2.24) is 10.1 Å². The molecule has 1 saturated carbocycles. The number of nitrogens with zero attached hydrogens (tertiary/aromatic N) is 2. The first-order valence-electron chi connectivity index (χ1n) is 7.64. The van der Waals surface area contributed by atoms with Crippen LogP contribution in [0.15, 0.2) is 45.3 Å². The third-order valence-electron chi connectivity index (χ3n) is 4.32. The zero-order valence-corrected chi connectivity index (χ0v) is 13.2. The summed E-state index contributed by atoms with van der Waals surface area (Å²) in [7, 11) is 0. The fourth-order valence-electron chi connectivity index (χ4n) is 3.01. The summed E-state index contributed by atoms with van der Waals surface area (Å²) in [6, 6.07) is 11.1. The average Bonchev–Trinajstić information content (AvgIpc) is 3.27. The maximum absolute atomic E-state index is 6.35. The van der Waals surface area contributed by atoms with Gasteiger partial charge in [0.25, 0.3) is 5.89 Å². The zero-order chi connectivity index (χ0) is 15.9. The van der Waals surface area contributed by atoms with Crippen LogP contribution in [0.3, 0.4) is 0 Å². The fraction of sp³-hybridized carbons (Fsp3) is 0.294. The van der Waals surface area contributed by atoms with Crippen molar-refractivity contribution < 1.29 is 8.94 Å². The van der Waals surface area contributed by atoms with E-state index < -0.39 is 5.54 Å². The summed E-state index contributed by atoms with van der Waals surface area (Å²) in [6.45, 7) is 0. The summed E-state index contributed by atoms with van der Waals surface area (Å²) in [5, 5.41) is 4.68. The molecule has 3 aromatic rings. The van der Waals surface area contributed by atoms with Gasteiger partial charge in [0.2, 0.25) is 0 Å². The number of hydrogen-bond donors (Lipinski definition) is 1. The van der Waals surface area contributed by atoms with E-state index in [1.165, 1.54) is 0 Å². The summed E-state index contributed by atoms with van der Waals surface area (Å²) >= 11 is 6.19. The molecule has 0 radical (unpaired) electrons. The highest BCUT2D eigenvalue weighted by Gasteiger charge is 2.36. The number of nitrogens with two attached hydrogens (primary N) is 1. The van der Waals surface area contributed by atoms with E-state index in [0.29, 0.717) is 28.3 Å². The first kappa shape index (κ1) is 14.5. The summed E-state index contributed by atoms with van der Waals surface area (Å²) in [5.41, 5.74) is 6.71. The molecule has 2 N–H and O–H groups in total. The number of hydrogen-bond acceptors (Lipinski definition) is 5. The van der Waals surface area contributed by atoms with Gasteiger partial charge in [-0.15, -0.1) is 0 Å². The highest BCUT2D eigenvalue weighted by atomic mass is 35.5. The third-order valence-corrected chi connectivity index (χ3v) is 4.65. The van der Waals surface area contributed by atoms with Gasteiger partial charge in [0.05, 0.1) is 10.6 Å². The average molecular weight is 330 g/mol. The van der Waals surface area contributed by atoms with Crippen LogP contribution in [0.4, 0.5) is 0 Å². The number of aromatic nitrogens is 2. The van der Waals surface area contributed by atoms with Crippen LogP contribution in [0.25, 0.3) is 23.0 Å². The lowest BCUT2D eigenvalue weighted by Gasteiger charge is -2.17. The van der Waals surface area contributed by atoms with Crippen LogP contribution >= 0.6 is 11.6 Å². The molecule has 5 nitrogen and oxygen atoms in total. The van der Waals surface area contributed by atoms with E-state index in [-0.39, 0.29) is 0 Å². The van der Waals surface area contributed by atoms with Crippen LogP contribution in [0.5, 0.6) is 0 Å². The van der Waals surface area contributed by atoms with Crippen molar-refractivity contribution in [1.29, 1.82) is 0 Å². The van der Waals surface area contributed by atoms with Crippen LogP contribution in [-0.4, -0.2) is 10.1 Å². The summed E-state index contributed by atoms with van der Waals surface area (Å²) in [5.74, 6) is 2.07. The van der Waals surface area contributed by atoms with Crippen LogP contribution in [0.1, 0.15) is 31.5 Å². The Morgan fingerprint density at radius 3 is 2.57 bits per heavy atom. The molecule has 0 atom stereocenters. The van der Waals surface area contributed by atoms with Gasteiger partial charge >= 0.3 is 0 Å². The van der Waals surface area contributed by atoms with E-state index in [4.69, 9.17) is 26.3 Å². The Hall–Kier alpha value is -2.11. The summed E-state index contributed by atoms with van der Waals surface area (Å²) < 4.78 is 11.2. The molecule has 0 bridgehead atoms. The molecule has 6 heteroatoms. The Balaban J connectivity index is 1.65. The normalized spacial score (nSPS) is 16.8. The van der Waals surface area contributed by atoms with Gasteiger partial charge in [-0.3, -0.25) is 0 Å². The Bertz CT molecular complexity index is 834. The highest BCUT2D eigenvalue weighted by Crippen LogP contribution is 2.36. The van der Waals surface area contributed by atoms with Crippen LogP contribution < -0.4 is 5.73 Å². The van der Waals surface area contributed by atoms with Gasteiger partial charge in [0, 0.05) is 5.56 Å². The number of furan rings is 1. The van der Waals surface area contributed by atoms with E-state index >= 15 is 0 Å². The van der Waals surface area contributed by atoms with E-state index in [2.05, 4.69) is 10.1 Å². The van der Waals surface area contributed by atoms with Gasteiger partial charge in [-0.25, -0.2) is 0 Å². The Morgan fingerprint density at radius 1 is 1.04 bits per heavy atom. The van der Waals surface area contributed by atoms with Crippen molar-refractivity contribution in [2.24, 2.45) is 5.73 Å². The molecule has 0 amide bonds. The van der Waals surface area contributed by atoms with Gasteiger partial charge < -0.3 is 14.7 Å². The second kappa shape index (κ2) is 5.51. The minimum Gasteiger partial charge on any atom is -0.451 e. The van der Waals surface area contributed by atoms with Crippen molar-refractivity contribution in [2.75, 3.05) is 0 Å². The summed E-state index contributed by atoms with van der Waals surface area (Å²) in [6.07, 6.45) is 3.96. The molecule has 2 heterocycles.